The van der Waals surface area contributed by atoms with E-state index in [4.69, 9.17) is 4.74 Å². The highest BCUT2D eigenvalue weighted by atomic mass is 32.2. The van der Waals surface area contributed by atoms with Crippen molar-refractivity contribution >= 4 is 10.0 Å². The van der Waals surface area contributed by atoms with E-state index in [0.717, 1.165) is 6.54 Å². The lowest BCUT2D eigenvalue weighted by Gasteiger charge is -2.15. The van der Waals surface area contributed by atoms with Gasteiger partial charge in [0.15, 0.2) is 0 Å². The largest absolute Gasteiger partial charge is 0.380 e. The Morgan fingerprint density at radius 2 is 2.30 bits per heavy atom. The zero-order chi connectivity index (χ0) is 14.6. The van der Waals surface area contributed by atoms with Gasteiger partial charge in [0.2, 0.25) is 10.0 Å². The second kappa shape index (κ2) is 6.62. The zero-order valence-electron chi connectivity index (χ0n) is 11.4. The van der Waals surface area contributed by atoms with Gasteiger partial charge in [-0.05, 0) is 24.6 Å². The quantitative estimate of drug-likeness (QED) is 0.857. The first kappa shape index (κ1) is 15.4. The molecule has 0 amide bonds. The van der Waals surface area contributed by atoms with Gasteiger partial charge in [-0.1, -0.05) is 6.07 Å². The van der Waals surface area contributed by atoms with Crippen LogP contribution < -0.4 is 10.0 Å². The number of sulfonamides is 1. The highest BCUT2D eigenvalue weighted by Gasteiger charge is 2.21. The summed E-state index contributed by atoms with van der Waals surface area (Å²) in [6.07, 6.45) is 0. The predicted molar refractivity (Wildman–Crippen MR) is 73.5 cm³/mol. The Morgan fingerprint density at radius 1 is 1.50 bits per heavy atom. The molecule has 1 aliphatic rings. The van der Waals surface area contributed by atoms with Crippen molar-refractivity contribution in [3.8, 4) is 0 Å². The Morgan fingerprint density at radius 3 is 3.10 bits per heavy atom. The summed E-state index contributed by atoms with van der Waals surface area (Å²) in [4.78, 5) is -0.306. The van der Waals surface area contributed by atoms with Gasteiger partial charge < -0.3 is 10.1 Å². The Labute approximate surface area is 118 Å². The number of benzene rings is 1. The van der Waals surface area contributed by atoms with Crippen LogP contribution in [-0.2, 0) is 14.8 Å². The van der Waals surface area contributed by atoms with Gasteiger partial charge in [-0.25, -0.2) is 17.5 Å². The van der Waals surface area contributed by atoms with Crippen molar-refractivity contribution in [1.82, 2.24) is 10.0 Å². The molecule has 112 valence electrons. The minimum atomic E-state index is -3.83. The van der Waals surface area contributed by atoms with E-state index in [0.29, 0.717) is 25.3 Å². The summed E-state index contributed by atoms with van der Waals surface area (Å²) in [6, 6.07) is 4.04. The molecule has 1 fully saturated rings. The lowest BCUT2D eigenvalue weighted by Crippen LogP contribution is -2.35. The monoisotopic (exact) mass is 302 g/mol. The Kier molecular flexibility index (Phi) is 5.09. The van der Waals surface area contributed by atoms with Crippen LogP contribution in [0, 0.1) is 18.7 Å². The first-order valence-corrected chi connectivity index (χ1v) is 8.01. The van der Waals surface area contributed by atoms with Gasteiger partial charge >= 0.3 is 0 Å². The van der Waals surface area contributed by atoms with Gasteiger partial charge in [-0.3, -0.25) is 0 Å². The first-order valence-electron chi connectivity index (χ1n) is 6.53. The van der Waals surface area contributed by atoms with Gasteiger partial charge in [0.1, 0.15) is 10.7 Å². The highest BCUT2D eigenvalue weighted by Crippen LogP contribution is 2.16. The topological polar surface area (TPSA) is 67.4 Å². The van der Waals surface area contributed by atoms with E-state index in [2.05, 4.69) is 10.0 Å². The molecule has 1 aromatic carbocycles. The van der Waals surface area contributed by atoms with Crippen LogP contribution in [0.15, 0.2) is 23.1 Å². The number of halogens is 1. The van der Waals surface area contributed by atoms with Gasteiger partial charge in [0.05, 0.1) is 13.2 Å². The van der Waals surface area contributed by atoms with Gasteiger partial charge in [0.25, 0.3) is 0 Å². The van der Waals surface area contributed by atoms with Crippen LogP contribution in [0.2, 0.25) is 0 Å². The van der Waals surface area contributed by atoms with Crippen molar-refractivity contribution in [1.29, 1.82) is 0 Å². The summed E-state index contributed by atoms with van der Waals surface area (Å²) < 4.78 is 45.7. The van der Waals surface area contributed by atoms with Crippen molar-refractivity contribution in [3.63, 3.8) is 0 Å². The molecule has 1 heterocycles. The smallest absolute Gasteiger partial charge is 0.243 e. The number of aryl methyl sites for hydroxylation is 1. The maximum Gasteiger partial charge on any atom is 0.243 e. The van der Waals surface area contributed by atoms with Gasteiger partial charge in [0, 0.05) is 25.6 Å². The van der Waals surface area contributed by atoms with E-state index in [-0.39, 0.29) is 17.4 Å². The summed E-state index contributed by atoms with van der Waals surface area (Å²) in [6.45, 7) is 4.50. The molecule has 0 bridgehead atoms. The summed E-state index contributed by atoms with van der Waals surface area (Å²) in [5.74, 6) is -0.696. The summed E-state index contributed by atoms with van der Waals surface area (Å²) in [5.41, 5.74) is 0.700. The lowest BCUT2D eigenvalue weighted by atomic mass is 10.2. The van der Waals surface area contributed by atoms with E-state index in [9.17, 15) is 12.8 Å². The van der Waals surface area contributed by atoms with Crippen LogP contribution >= 0.6 is 0 Å². The third kappa shape index (κ3) is 3.99. The van der Waals surface area contributed by atoms with E-state index >= 15 is 0 Å². The number of rotatable bonds is 4. The van der Waals surface area contributed by atoms with E-state index in [1.165, 1.54) is 18.2 Å². The molecule has 0 aromatic heterocycles. The minimum absolute atomic E-state index is 0.0418. The standard InChI is InChI=1S/C13H19FN2O3S/c1-10-2-3-12(14)13(6-10)20(17,18)16-8-11-7-15-4-5-19-9-11/h2-3,6,11,15-16H,4-5,7-9H2,1H3. The van der Waals surface area contributed by atoms with Crippen LogP contribution in [-0.4, -0.2) is 41.3 Å². The van der Waals surface area contributed by atoms with Gasteiger partial charge in [-0.2, -0.15) is 0 Å². The second-order valence-corrected chi connectivity index (χ2v) is 6.67. The molecule has 1 atom stereocenters. The molecule has 1 saturated heterocycles. The average Bonchev–Trinajstić information content (AvgIpc) is 2.68. The van der Waals surface area contributed by atoms with Crippen LogP contribution in [0.1, 0.15) is 5.56 Å². The third-order valence-electron chi connectivity index (χ3n) is 3.15. The minimum Gasteiger partial charge on any atom is -0.380 e. The van der Waals surface area contributed by atoms with Crippen molar-refractivity contribution < 1.29 is 17.5 Å². The molecule has 0 spiro atoms. The molecular formula is C13H19FN2O3S. The normalized spacial score (nSPS) is 20.6. The summed E-state index contributed by atoms with van der Waals surface area (Å²) in [7, 11) is -3.83. The lowest BCUT2D eigenvalue weighted by molar-refractivity contribution is 0.124. The molecule has 1 unspecified atom stereocenters. The molecular weight excluding hydrogens is 283 g/mol. The zero-order valence-corrected chi connectivity index (χ0v) is 12.2. The number of hydrogen-bond acceptors (Lipinski definition) is 4. The molecule has 1 aliphatic heterocycles. The SMILES string of the molecule is Cc1ccc(F)c(S(=O)(=O)NCC2CNCCOC2)c1. The maximum absolute atomic E-state index is 13.6. The van der Waals surface area contributed by atoms with E-state index in [1.807, 2.05) is 0 Å². The second-order valence-electron chi connectivity index (χ2n) is 4.93. The van der Waals surface area contributed by atoms with Crippen molar-refractivity contribution in [2.24, 2.45) is 5.92 Å². The molecule has 0 aliphatic carbocycles. The van der Waals surface area contributed by atoms with Crippen molar-refractivity contribution in [3.05, 3.63) is 29.6 Å². The van der Waals surface area contributed by atoms with E-state index < -0.39 is 15.8 Å². The van der Waals surface area contributed by atoms with Crippen LogP contribution in [0.3, 0.4) is 0 Å². The molecule has 2 rings (SSSR count). The Balaban J connectivity index is 2.05. The number of ether oxygens (including phenoxy) is 1. The summed E-state index contributed by atoms with van der Waals surface area (Å²) in [5, 5.41) is 3.16. The molecule has 0 saturated carbocycles. The van der Waals surface area contributed by atoms with Crippen molar-refractivity contribution in [2.75, 3.05) is 32.8 Å². The highest BCUT2D eigenvalue weighted by molar-refractivity contribution is 7.89. The Hall–Kier alpha value is -1.02. The predicted octanol–water partition coefficient (Wildman–Crippen LogP) is 0.648. The average molecular weight is 302 g/mol. The van der Waals surface area contributed by atoms with Crippen LogP contribution in [0.5, 0.6) is 0 Å². The summed E-state index contributed by atoms with van der Waals surface area (Å²) >= 11 is 0. The van der Waals surface area contributed by atoms with Crippen molar-refractivity contribution in [2.45, 2.75) is 11.8 Å². The Bertz CT molecular complexity index is 555. The molecule has 20 heavy (non-hydrogen) atoms. The molecule has 7 heteroatoms. The van der Waals surface area contributed by atoms with E-state index in [1.54, 1.807) is 6.92 Å². The first-order chi connectivity index (χ1) is 9.49. The fourth-order valence-electron chi connectivity index (χ4n) is 2.01. The molecule has 1 aromatic rings. The number of hydrogen-bond donors (Lipinski definition) is 2. The fourth-order valence-corrected chi connectivity index (χ4v) is 3.29. The molecule has 2 N–H and O–H groups in total. The number of nitrogens with one attached hydrogen (secondary N) is 2. The van der Waals surface area contributed by atoms with Crippen LogP contribution in [0.4, 0.5) is 4.39 Å². The fraction of sp³-hybridized carbons (Fsp3) is 0.538. The molecule has 5 nitrogen and oxygen atoms in total. The molecule has 0 radical (unpaired) electrons. The van der Waals surface area contributed by atoms with Crippen LogP contribution in [0.25, 0.3) is 0 Å². The maximum atomic E-state index is 13.6. The van der Waals surface area contributed by atoms with Gasteiger partial charge in [-0.15, -0.1) is 0 Å². The third-order valence-corrected chi connectivity index (χ3v) is 4.59.